The maximum Gasteiger partial charge on any atom is 0.0744 e. The number of fused-ring (bicyclic) bond motifs is 3. The largest absolute Gasteiger partial charge is 0.330 e. The van der Waals surface area contributed by atoms with Gasteiger partial charge in [0.25, 0.3) is 0 Å². The van der Waals surface area contributed by atoms with Crippen molar-refractivity contribution in [2.24, 2.45) is 5.73 Å². The Morgan fingerprint density at radius 2 is 2.11 bits per heavy atom. The third kappa shape index (κ3) is 1.72. The second-order valence-electron chi connectivity index (χ2n) is 4.42. The van der Waals surface area contributed by atoms with E-state index >= 15 is 0 Å². The van der Waals surface area contributed by atoms with Crippen LogP contribution in [0.4, 0.5) is 0 Å². The van der Waals surface area contributed by atoms with Gasteiger partial charge in [-0.25, -0.2) is 0 Å². The van der Waals surface area contributed by atoms with Crippen LogP contribution >= 0.6 is 23.2 Å². The third-order valence-corrected chi connectivity index (χ3v) is 3.90. The average Bonchev–Trinajstić information content (AvgIpc) is 2.65. The average molecular weight is 279 g/mol. The van der Waals surface area contributed by atoms with E-state index in [0.717, 1.165) is 23.2 Å². The molecule has 2 aromatic rings. The Labute approximate surface area is 116 Å². The van der Waals surface area contributed by atoms with Gasteiger partial charge in [-0.3, -0.25) is 4.98 Å². The summed E-state index contributed by atoms with van der Waals surface area (Å²) in [5, 5.41) is 1.35. The molecule has 1 aliphatic rings. The monoisotopic (exact) mass is 278 g/mol. The molecule has 18 heavy (non-hydrogen) atoms. The van der Waals surface area contributed by atoms with Crippen molar-refractivity contribution in [3.63, 3.8) is 0 Å². The Morgan fingerprint density at radius 3 is 2.89 bits per heavy atom. The van der Waals surface area contributed by atoms with E-state index in [1.807, 2.05) is 12.1 Å². The fourth-order valence-electron chi connectivity index (χ4n) is 2.68. The van der Waals surface area contributed by atoms with Gasteiger partial charge in [-0.2, -0.15) is 0 Å². The molecule has 0 spiro atoms. The summed E-state index contributed by atoms with van der Waals surface area (Å²) < 4.78 is 0. The molecule has 0 aliphatic heterocycles. The van der Waals surface area contributed by atoms with Crippen LogP contribution in [-0.4, -0.2) is 11.5 Å². The Hall–Kier alpha value is -1.09. The van der Waals surface area contributed by atoms with E-state index in [1.165, 1.54) is 5.56 Å². The summed E-state index contributed by atoms with van der Waals surface area (Å²) in [6.07, 6.45) is 2.66. The molecule has 0 saturated carbocycles. The molecule has 2 N–H and O–H groups in total. The SMILES string of the molecule is NCCC1c2cccnc2-c2cc(Cl)cc(Cl)c21. The highest BCUT2D eigenvalue weighted by Gasteiger charge is 2.31. The molecule has 1 aliphatic carbocycles. The molecule has 1 aromatic heterocycles. The minimum absolute atomic E-state index is 0.235. The van der Waals surface area contributed by atoms with Crippen molar-refractivity contribution in [3.8, 4) is 11.3 Å². The second-order valence-corrected chi connectivity index (χ2v) is 5.26. The lowest BCUT2D eigenvalue weighted by molar-refractivity contribution is 0.740. The number of nitrogens with zero attached hydrogens (tertiary/aromatic N) is 1. The number of nitrogens with two attached hydrogens (primary N) is 1. The van der Waals surface area contributed by atoms with Gasteiger partial charge in [0.1, 0.15) is 0 Å². The van der Waals surface area contributed by atoms with Gasteiger partial charge < -0.3 is 5.73 Å². The van der Waals surface area contributed by atoms with Crippen LogP contribution in [0.1, 0.15) is 23.5 Å². The number of hydrogen-bond acceptors (Lipinski definition) is 2. The van der Waals surface area contributed by atoms with Gasteiger partial charge >= 0.3 is 0 Å². The lowest BCUT2D eigenvalue weighted by atomic mass is 9.94. The van der Waals surface area contributed by atoms with Crippen LogP contribution in [0.15, 0.2) is 30.5 Å². The van der Waals surface area contributed by atoms with Crippen LogP contribution in [0.25, 0.3) is 11.3 Å². The second kappa shape index (κ2) is 4.54. The molecule has 1 aromatic carbocycles. The minimum atomic E-state index is 0.235. The molecule has 0 bridgehead atoms. The summed E-state index contributed by atoms with van der Waals surface area (Å²) in [5.41, 5.74) is 10.0. The first kappa shape index (κ1) is 12.0. The van der Waals surface area contributed by atoms with Crippen molar-refractivity contribution >= 4 is 23.2 Å². The lowest BCUT2D eigenvalue weighted by Crippen LogP contribution is -2.06. The van der Waals surface area contributed by atoms with E-state index in [0.29, 0.717) is 16.6 Å². The van der Waals surface area contributed by atoms with Gasteiger partial charge in [0.15, 0.2) is 0 Å². The Balaban J connectivity index is 2.28. The highest BCUT2D eigenvalue weighted by Crippen LogP contribution is 2.48. The maximum atomic E-state index is 6.34. The zero-order chi connectivity index (χ0) is 12.7. The van der Waals surface area contributed by atoms with E-state index in [1.54, 1.807) is 12.3 Å². The summed E-state index contributed by atoms with van der Waals surface area (Å²) in [6, 6.07) is 7.76. The molecular formula is C14H12Cl2N2. The molecule has 0 fully saturated rings. The highest BCUT2D eigenvalue weighted by atomic mass is 35.5. The lowest BCUT2D eigenvalue weighted by Gasteiger charge is -2.13. The number of rotatable bonds is 2. The topological polar surface area (TPSA) is 38.9 Å². The van der Waals surface area contributed by atoms with Crippen molar-refractivity contribution in [2.45, 2.75) is 12.3 Å². The zero-order valence-electron chi connectivity index (χ0n) is 9.66. The van der Waals surface area contributed by atoms with Crippen LogP contribution in [0, 0.1) is 0 Å². The summed E-state index contributed by atoms with van der Waals surface area (Å²) >= 11 is 12.4. The van der Waals surface area contributed by atoms with Crippen molar-refractivity contribution in [1.82, 2.24) is 4.98 Å². The number of aromatic nitrogens is 1. The summed E-state index contributed by atoms with van der Waals surface area (Å²) in [5.74, 6) is 0.235. The predicted molar refractivity (Wildman–Crippen MR) is 75.2 cm³/mol. The van der Waals surface area contributed by atoms with E-state index in [2.05, 4.69) is 11.1 Å². The summed E-state index contributed by atoms with van der Waals surface area (Å²) in [7, 11) is 0. The number of hydrogen-bond donors (Lipinski definition) is 1. The Bertz CT molecular complexity index is 611. The summed E-state index contributed by atoms with van der Waals surface area (Å²) in [4.78, 5) is 4.46. The van der Waals surface area contributed by atoms with Gasteiger partial charge in [-0.1, -0.05) is 29.3 Å². The fourth-order valence-corrected chi connectivity index (χ4v) is 3.31. The van der Waals surface area contributed by atoms with E-state index in [-0.39, 0.29) is 5.92 Å². The van der Waals surface area contributed by atoms with Crippen molar-refractivity contribution in [1.29, 1.82) is 0 Å². The molecule has 2 nitrogen and oxygen atoms in total. The molecule has 1 atom stereocenters. The van der Waals surface area contributed by atoms with Crippen LogP contribution in [0.3, 0.4) is 0 Å². The van der Waals surface area contributed by atoms with Crippen molar-refractivity contribution in [2.75, 3.05) is 6.54 Å². The third-order valence-electron chi connectivity index (χ3n) is 3.37. The first-order chi connectivity index (χ1) is 8.72. The van der Waals surface area contributed by atoms with Crippen LogP contribution in [0.5, 0.6) is 0 Å². The van der Waals surface area contributed by atoms with Gasteiger partial charge in [0.05, 0.1) is 5.69 Å². The molecule has 0 amide bonds. The molecule has 0 saturated heterocycles. The molecule has 0 radical (unpaired) electrons. The minimum Gasteiger partial charge on any atom is -0.330 e. The normalized spacial score (nSPS) is 16.5. The molecule has 1 heterocycles. The molecule has 3 rings (SSSR count). The molecule has 92 valence electrons. The smallest absolute Gasteiger partial charge is 0.0744 e. The van der Waals surface area contributed by atoms with Crippen molar-refractivity contribution < 1.29 is 0 Å². The number of halogens is 2. The van der Waals surface area contributed by atoms with Crippen LogP contribution < -0.4 is 5.73 Å². The van der Waals surface area contributed by atoms with Crippen LogP contribution in [-0.2, 0) is 0 Å². The Kier molecular flexibility index (Phi) is 3.02. The molecule has 1 unspecified atom stereocenters. The van der Waals surface area contributed by atoms with Crippen LogP contribution in [0.2, 0.25) is 10.0 Å². The fraction of sp³-hybridized carbons (Fsp3) is 0.214. The predicted octanol–water partition coefficient (Wildman–Crippen LogP) is 3.85. The first-order valence-corrected chi connectivity index (χ1v) is 6.62. The molecular weight excluding hydrogens is 267 g/mol. The number of pyridine rings is 1. The quantitative estimate of drug-likeness (QED) is 0.906. The standard InChI is InChI=1S/C14H12Cl2N2/c15-8-6-11-13(12(16)7-8)9(3-4-17)10-2-1-5-18-14(10)11/h1-2,5-7,9H,3-4,17H2. The van der Waals surface area contributed by atoms with E-state index < -0.39 is 0 Å². The summed E-state index contributed by atoms with van der Waals surface area (Å²) in [6.45, 7) is 0.622. The first-order valence-electron chi connectivity index (χ1n) is 5.86. The van der Waals surface area contributed by atoms with Gasteiger partial charge in [-0.15, -0.1) is 0 Å². The van der Waals surface area contributed by atoms with Gasteiger partial charge in [0, 0.05) is 27.7 Å². The van der Waals surface area contributed by atoms with E-state index in [9.17, 15) is 0 Å². The number of benzene rings is 1. The maximum absolute atomic E-state index is 6.34. The molecule has 4 heteroatoms. The van der Waals surface area contributed by atoms with Gasteiger partial charge in [-0.05, 0) is 42.3 Å². The Morgan fingerprint density at radius 1 is 1.28 bits per heavy atom. The van der Waals surface area contributed by atoms with Gasteiger partial charge in [0.2, 0.25) is 0 Å². The zero-order valence-corrected chi connectivity index (χ0v) is 11.2. The highest BCUT2D eigenvalue weighted by molar-refractivity contribution is 6.36. The van der Waals surface area contributed by atoms with Crippen molar-refractivity contribution in [3.05, 3.63) is 51.6 Å². The van der Waals surface area contributed by atoms with E-state index in [4.69, 9.17) is 28.9 Å².